The molecule has 0 aromatic heterocycles. The zero-order valence-electron chi connectivity index (χ0n) is 12.6. The number of hydrogen-bond acceptors (Lipinski definition) is 3. The third kappa shape index (κ3) is 3.28. The average Bonchev–Trinajstić information content (AvgIpc) is 2.56. The van der Waals surface area contributed by atoms with Crippen LogP contribution in [-0.2, 0) is 17.8 Å². The second-order valence-corrected chi connectivity index (χ2v) is 5.54. The van der Waals surface area contributed by atoms with Crippen LogP contribution in [0.3, 0.4) is 0 Å². The van der Waals surface area contributed by atoms with E-state index in [1.165, 1.54) is 5.56 Å². The fourth-order valence-electron chi connectivity index (χ4n) is 2.65. The summed E-state index contributed by atoms with van der Waals surface area (Å²) in [5, 5.41) is 6.07. The molecule has 22 heavy (non-hydrogen) atoms. The van der Waals surface area contributed by atoms with Crippen molar-refractivity contribution in [3.63, 3.8) is 0 Å². The van der Waals surface area contributed by atoms with Crippen LogP contribution in [0.25, 0.3) is 0 Å². The van der Waals surface area contributed by atoms with Gasteiger partial charge in [-0.15, -0.1) is 0 Å². The van der Waals surface area contributed by atoms with Gasteiger partial charge in [0.25, 0.3) is 0 Å². The molecule has 0 fully saturated rings. The smallest absolute Gasteiger partial charge is 0.231 e. The molecule has 4 heteroatoms. The quantitative estimate of drug-likeness (QED) is 0.912. The van der Waals surface area contributed by atoms with E-state index in [2.05, 4.69) is 10.6 Å². The Morgan fingerprint density at radius 3 is 2.73 bits per heavy atom. The number of para-hydroxylation sites is 1. The first kappa shape index (κ1) is 14.6. The summed E-state index contributed by atoms with van der Waals surface area (Å²) in [4.78, 5) is 12.4. The van der Waals surface area contributed by atoms with Gasteiger partial charge in [-0.3, -0.25) is 4.79 Å². The van der Waals surface area contributed by atoms with Crippen LogP contribution in [0, 0.1) is 5.92 Å². The van der Waals surface area contributed by atoms with Crippen molar-refractivity contribution in [2.24, 2.45) is 5.92 Å². The Balaban J connectivity index is 1.63. The third-order valence-corrected chi connectivity index (χ3v) is 3.85. The van der Waals surface area contributed by atoms with Crippen molar-refractivity contribution in [3.05, 3.63) is 59.7 Å². The maximum atomic E-state index is 12.4. The van der Waals surface area contributed by atoms with Gasteiger partial charge in [-0.2, -0.15) is 0 Å². The largest absolute Gasteiger partial charge is 0.492 e. The van der Waals surface area contributed by atoms with Crippen LogP contribution in [0.5, 0.6) is 5.75 Å². The molecule has 0 aliphatic carbocycles. The van der Waals surface area contributed by atoms with E-state index < -0.39 is 0 Å². The van der Waals surface area contributed by atoms with Crippen LogP contribution in [0.2, 0.25) is 0 Å². The molecule has 1 amide bonds. The molecule has 0 bridgehead atoms. The Kier molecular flexibility index (Phi) is 4.39. The standard InChI is InChI=1S/C18H20N2O2/c1-19-11-13-6-8-16(9-7-13)20-18(21)15-10-14-4-2-3-5-17(14)22-12-15/h2-9,15,19H,10-12H2,1H3,(H,20,21). The number of nitrogens with one attached hydrogen (secondary N) is 2. The highest BCUT2D eigenvalue weighted by molar-refractivity contribution is 5.93. The zero-order chi connectivity index (χ0) is 15.4. The summed E-state index contributed by atoms with van der Waals surface area (Å²) in [6.45, 7) is 1.25. The van der Waals surface area contributed by atoms with E-state index in [-0.39, 0.29) is 11.8 Å². The van der Waals surface area contributed by atoms with Crippen molar-refractivity contribution in [2.45, 2.75) is 13.0 Å². The van der Waals surface area contributed by atoms with E-state index in [1.807, 2.05) is 55.6 Å². The molecule has 3 rings (SSSR count). The Hall–Kier alpha value is -2.33. The van der Waals surface area contributed by atoms with Crippen LogP contribution in [-0.4, -0.2) is 19.6 Å². The molecule has 1 atom stereocenters. The average molecular weight is 296 g/mol. The SMILES string of the molecule is CNCc1ccc(NC(=O)C2COc3ccccc3C2)cc1. The second kappa shape index (κ2) is 6.62. The predicted octanol–water partition coefficient (Wildman–Crippen LogP) is 2.60. The monoisotopic (exact) mass is 296 g/mol. The first-order valence-corrected chi connectivity index (χ1v) is 7.51. The van der Waals surface area contributed by atoms with E-state index >= 15 is 0 Å². The number of ether oxygens (including phenoxy) is 1. The number of amides is 1. The van der Waals surface area contributed by atoms with Crippen LogP contribution < -0.4 is 15.4 Å². The van der Waals surface area contributed by atoms with E-state index in [9.17, 15) is 4.79 Å². The van der Waals surface area contributed by atoms with E-state index in [0.717, 1.165) is 30.0 Å². The Morgan fingerprint density at radius 1 is 1.18 bits per heavy atom. The topological polar surface area (TPSA) is 50.4 Å². The summed E-state index contributed by atoms with van der Waals surface area (Å²) in [6.07, 6.45) is 0.722. The second-order valence-electron chi connectivity index (χ2n) is 5.54. The molecule has 1 aliphatic rings. The molecule has 0 radical (unpaired) electrons. The molecule has 1 heterocycles. The number of benzene rings is 2. The van der Waals surface area contributed by atoms with Crippen LogP contribution in [0.1, 0.15) is 11.1 Å². The van der Waals surface area contributed by atoms with Gasteiger partial charge in [-0.25, -0.2) is 0 Å². The highest BCUT2D eigenvalue weighted by Crippen LogP contribution is 2.27. The number of anilines is 1. The van der Waals surface area contributed by atoms with Crippen molar-refractivity contribution in [3.8, 4) is 5.75 Å². The van der Waals surface area contributed by atoms with Gasteiger partial charge >= 0.3 is 0 Å². The number of fused-ring (bicyclic) bond motifs is 1. The Morgan fingerprint density at radius 2 is 1.95 bits per heavy atom. The van der Waals surface area contributed by atoms with Gasteiger partial charge in [-0.1, -0.05) is 30.3 Å². The number of hydrogen-bond donors (Lipinski definition) is 2. The fourth-order valence-corrected chi connectivity index (χ4v) is 2.65. The molecule has 0 spiro atoms. The number of carbonyl (C=O) groups excluding carboxylic acids is 1. The van der Waals surface area contributed by atoms with Gasteiger partial charge in [0.15, 0.2) is 0 Å². The molecule has 0 saturated carbocycles. The lowest BCUT2D eigenvalue weighted by atomic mass is 9.96. The first-order chi connectivity index (χ1) is 10.8. The predicted molar refractivity (Wildman–Crippen MR) is 87.0 cm³/mol. The highest BCUT2D eigenvalue weighted by Gasteiger charge is 2.25. The maximum absolute atomic E-state index is 12.4. The van der Waals surface area contributed by atoms with Gasteiger partial charge in [0, 0.05) is 12.2 Å². The minimum atomic E-state index is -0.146. The van der Waals surface area contributed by atoms with Gasteiger partial charge in [0.1, 0.15) is 12.4 Å². The molecule has 1 aliphatic heterocycles. The summed E-state index contributed by atoms with van der Waals surface area (Å²) in [5.41, 5.74) is 3.11. The van der Waals surface area contributed by atoms with Crippen LogP contribution >= 0.6 is 0 Å². The first-order valence-electron chi connectivity index (χ1n) is 7.51. The van der Waals surface area contributed by atoms with E-state index in [1.54, 1.807) is 0 Å². The molecular formula is C18H20N2O2. The molecule has 2 N–H and O–H groups in total. The fraction of sp³-hybridized carbons (Fsp3) is 0.278. The molecule has 0 saturated heterocycles. The van der Waals surface area contributed by atoms with Crippen molar-refractivity contribution >= 4 is 11.6 Å². The Labute approximate surface area is 130 Å². The lowest BCUT2D eigenvalue weighted by Gasteiger charge is -2.24. The van der Waals surface area contributed by atoms with Crippen LogP contribution in [0.4, 0.5) is 5.69 Å². The summed E-state index contributed by atoms with van der Waals surface area (Å²) in [7, 11) is 1.91. The normalized spacial score (nSPS) is 16.5. The minimum absolute atomic E-state index is 0.0101. The highest BCUT2D eigenvalue weighted by atomic mass is 16.5. The molecule has 4 nitrogen and oxygen atoms in total. The Bertz CT molecular complexity index is 652. The van der Waals surface area contributed by atoms with E-state index in [0.29, 0.717) is 6.61 Å². The lowest BCUT2D eigenvalue weighted by Crippen LogP contribution is -2.32. The van der Waals surface area contributed by atoms with Gasteiger partial charge in [0.05, 0.1) is 5.92 Å². The van der Waals surface area contributed by atoms with Crippen LogP contribution in [0.15, 0.2) is 48.5 Å². The third-order valence-electron chi connectivity index (χ3n) is 3.85. The molecule has 114 valence electrons. The zero-order valence-corrected chi connectivity index (χ0v) is 12.6. The lowest BCUT2D eigenvalue weighted by molar-refractivity contribution is -0.121. The van der Waals surface area contributed by atoms with Gasteiger partial charge in [-0.05, 0) is 42.8 Å². The van der Waals surface area contributed by atoms with Crippen molar-refractivity contribution in [1.29, 1.82) is 0 Å². The summed E-state index contributed by atoms with van der Waals surface area (Å²) in [6, 6.07) is 15.8. The summed E-state index contributed by atoms with van der Waals surface area (Å²) >= 11 is 0. The molecule has 1 unspecified atom stereocenters. The number of carbonyl (C=O) groups is 1. The van der Waals surface area contributed by atoms with Gasteiger partial charge < -0.3 is 15.4 Å². The number of rotatable bonds is 4. The molecule has 2 aromatic carbocycles. The summed E-state index contributed by atoms with van der Waals surface area (Å²) in [5.74, 6) is 0.755. The van der Waals surface area contributed by atoms with Crippen molar-refractivity contribution in [2.75, 3.05) is 19.0 Å². The maximum Gasteiger partial charge on any atom is 0.231 e. The molecular weight excluding hydrogens is 276 g/mol. The minimum Gasteiger partial charge on any atom is -0.492 e. The van der Waals surface area contributed by atoms with Crippen molar-refractivity contribution in [1.82, 2.24) is 5.32 Å². The summed E-state index contributed by atoms with van der Waals surface area (Å²) < 4.78 is 5.68. The van der Waals surface area contributed by atoms with Gasteiger partial charge in [0.2, 0.25) is 5.91 Å². The van der Waals surface area contributed by atoms with E-state index in [4.69, 9.17) is 4.74 Å². The molecule has 2 aromatic rings. The van der Waals surface area contributed by atoms with Crippen molar-refractivity contribution < 1.29 is 9.53 Å².